The van der Waals surface area contributed by atoms with Crippen molar-refractivity contribution in [2.75, 3.05) is 0 Å². The summed E-state index contributed by atoms with van der Waals surface area (Å²) >= 11 is 0. The lowest BCUT2D eigenvalue weighted by molar-refractivity contribution is 1.07. The van der Waals surface area contributed by atoms with Crippen LogP contribution in [0.1, 0.15) is 0 Å². The van der Waals surface area contributed by atoms with E-state index in [1.54, 1.807) is 0 Å². The molecular formula is C58H38N4. The van der Waals surface area contributed by atoms with Gasteiger partial charge in [-0.15, -0.1) is 0 Å². The lowest BCUT2D eigenvalue weighted by Crippen LogP contribution is -2.00. The minimum atomic E-state index is 0.615. The first-order valence-corrected chi connectivity index (χ1v) is 20.9. The standard InChI is InChI=1S/C58H38N4/c1-5-15-39(16-6-1)46-23-13-25-49(35-46)57-60-56(61-58(62-57)50-26-14-24-47(36-50)40-17-7-2-8-18-40)45-30-27-41(28-31-45)48-32-29-43-33-34-53-55(51(43)37-48)52(42-19-9-3-10-20-42)38-54(59-53)44-21-11-4-12-22-44/h1-38H. The van der Waals surface area contributed by atoms with Gasteiger partial charge in [0.05, 0.1) is 11.2 Å². The zero-order valence-corrected chi connectivity index (χ0v) is 33.7. The number of hydrogen-bond acceptors (Lipinski definition) is 4. The number of aromatic nitrogens is 4. The van der Waals surface area contributed by atoms with Gasteiger partial charge < -0.3 is 0 Å². The van der Waals surface area contributed by atoms with Crippen LogP contribution in [0.15, 0.2) is 231 Å². The van der Waals surface area contributed by atoms with E-state index in [9.17, 15) is 0 Å². The Bertz CT molecular complexity index is 3270. The number of pyridine rings is 1. The van der Waals surface area contributed by atoms with E-state index < -0.39 is 0 Å². The molecule has 62 heavy (non-hydrogen) atoms. The first-order chi connectivity index (χ1) is 30.7. The van der Waals surface area contributed by atoms with Gasteiger partial charge in [0.1, 0.15) is 0 Å². The predicted octanol–water partition coefficient (Wildman–Crippen LogP) is 14.9. The Kier molecular flexibility index (Phi) is 9.49. The van der Waals surface area contributed by atoms with Crippen molar-refractivity contribution in [3.8, 4) is 89.9 Å². The fourth-order valence-electron chi connectivity index (χ4n) is 8.35. The van der Waals surface area contributed by atoms with E-state index in [-0.39, 0.29) is 0 Å². The molecular weight excluding hydrogens is 753 g/mol. The topological polar surface area (TPSA) is 51.6 Å². The molecule has 0 saturated carbocycles. The molecule has 0 radical (unpaired) electrons. The van der Waals surface area contributed by atoms with Crippen molar-refractivity contribution in [2.24, 2.45) is 0 Å². The quantitative estimate of drug-likeness (QED) is 0.144. The number of hydrogen-bond donors (Lipinski definition) is 0. The second-order valence-electron chi connectivity index (χ2n) is 15.5. The van der Waals surface area contributed by atoms with E-state index in [0.717, 1.165) is 88.7 Å². The van der Waals surface area contributed by atoms with Crippen LogP contribution in [0.4, 0.5) is 0 Å². The average Bonchev–Trinajstić information content (AvgIpc) is 3.37. The highest BCUT2D eigenvalue weighted by atomic mass is 15.0. The zero-order chi connectivity index (χ0) is 41.2. The van der Waals surface area contributed by atoms with Gasteiger partial charge in [-0.05, 0) is 85.6 Å². The van der Waals surface area contributed by atoms with Crippen LogP contribution >= 0.6 is 0 Å². The Labute approximate surface area is 360 Å². The Balaban J connectivity index is 1.01. The van der Waals surface area contributed by atoms with Gasteiger partial charge >= 0.3 is 0 Å². The van der Waals surface area contributed by atoms with E-state index in [2.05, 4.69) is 212 Å². The molecule has 0 aliphatic rings. The summed E-state index contributed by atoms with van der Waals surface area (Å²) in [6.45, 7) is 0. The van der Waals surface area contributed by atoms with Gasteiger partial charge in [-0.3, -0.25) is 0 Å². The molecule has 2 heterocycles. The van der Waals surface area contributed by atoms with Gasteiger partial charge in [0.2, 0.25) is 0 Å². The molecule has 290 valence electrons. The maximum atomic E-state index is 5.21. The largest absolute Gasteiger partial charge is 0.248 e. The fourth-order valence-corrected chi connectivity index (χ4v) is 8.35. The van der Waals surface area contributed by atoms with E-state index in [1.807, 2.05) is 18.2 Å². The number of benzene rings is 9. The van der Waals surface area contributed by atoms with Crippen LogP contribution < -0.4 is 0 Å². The minimum absolute atomic E-state index is 0.615. The van der Waals surface area contributed by atoms with Crippen molar-refractivity contribution in [1.29, 1.82) is 0 Å². The molecule has 0 aliphatic heterocycles. The maximum Gasteiger partial charge on any atom is 0.164 e. The third-order valence-corrected chi connectivity index (χ3v) is 11.5. The van der Waals surface area contributed by atoms with Crippen LogP contribution in [0, 0.1) is 0 Å². The van der Waals surface area contributed by atoms with Crippen LogP contribution in [0.3, 0.4) is 0 Å². The lowest BCUT2D eigenvalue weighted by atomic mass is 9.92. The van der Waals surface area contributed by atoms with Gasteiger partial charge in [-0.25, -0.2) is 19.9 Å². The molecule has 4 nitrogen and oxygen atoms in total. The van der Waals surface area contributed by atoms with E-state index in [4.69, 9.17) is 19.9 Å². The summed E-state index contributed by atoms with van der Waals surface area (Å²) in [5, 5.41) is 3.48. The highest BCUT2D eigenvalue weighted by Crippen LogP contribution is 2.39. The van der Waals surface area contributed by atoms with Gasteiger partial charge in [0, 0.05) is 27.6 Å². The molecule has 0 N–H and O–H groups in total. The molecule has 2 aromatic heterocycles. The smallest absolute Gasteiger partial charge is 0.164 e. The van der Waals surface area contributed by atoms with E-state index in [1.165, 1.54) is 5.39 Å². The third kappa shape index (κ3) is 7.20. The normalized spacial score (nSPS) is 11.2. The molecule has 0 atom stereocenters. The second kappa shape index (κ2) is 16.0. The molecule has 0 spiro atoms. The summed E-state index contributed by atoms with van der Waals surface area (Å²) in [7, 11) is 0. The second-order valence-corrected chi connectivity index (χ2v) is 15.5. The van der Waals surface area contributed by atoms with Crippen LogP contribution in [0.5, 0.6) is 0 Å². The Morgan fingerprint density at radius 2 is 0.645 bits per heavy atom. The Morgan fingerprint density at radius 3 is 1.21 bits per heavy atom. The van der Waals surface area contributed by atoms with Crippen LogP contribution in [-0.2, 0) is 0 Å². The number of nitrogens with zero attached hydrogens (tertiary/aromatic N) is 4. The number of rotatable bonds is 8. The van der Waals surface area contributed by atoms with Gasteiger partial charge in [0.25, 0.3) is 0 Å². The van der Waals surface area contributed by atoms with Crippen molar-refractivity contribution in [3.05, 3.63) is 231 Å². The average molecular weight is 791 g/mol. The number of fused-ring (bicyclic) bond motifs is 3. The highest BCUT2D eigenvalue weighted by Gasteiger charge is 2.16. The summed E-state index contributed by atoms with van der Waals surface area (Å²) in [4.78, 5) is 20.6. The van der Waals surface area contributed by atoms with Crippen LogP contribution in [0.2, 0.25) is 0 Å². The molecule has 0 fully saturated rings. The third-order valence-electron chi connectivity index (χ3n) is 11.5. The summed E-state index contributed by atoms with van der Waals surface area (Å²) in [5.41, 5.74) is 14.8. The summed E-state index contributed by atoms with van der Waals surface area (Å²) < 4.78 is 0. The molecule has 11 aromatic rings. The molecule has 0 unspecified atom stereocenters. The fraction of sp³-hybridized carbons (Fsp3) is 0. The molecule has 0 saturated heterocycles. The van der Waals surface area contributed by atoms with E-state index >= 15 is 0 Å². The molecule has 4 heteroatoms. The van der Waals surface area contributed by atoms with Crippen molar-refractivity contribution < 1.29 is 0 Å². The lowest BCUT2D eigenvalue weighted by Gasteiger charge is -2.14. The molecule has 9 aromatic carbocycles. The Morgan fingerprint density at radius 1 is 0.242 bits per heavy atom. The van der Waals surface area contributed by atoms with Crippen LogP contribution in [0.25, 0.3) is 112 Å². The SMILES string of the molecule is c1ccc(-c2cccc(-c3nc(-c4ccc(-c5ccc6ccc7nc(-c8ccccc8)cc(-c8ccccc8)c7c6c5)cc4)nc(-c4cccc(-c5ccccc5)c4)n3)c2)cc1. The molecule has 11 rings (SSSR count). The highest BCUT2D eigenvalue weighted by molar-refractivity contribution is 6.14. The molecule has 0 amide bonds. The first-order valence-electron chi connectivity index (χ1n) is 20.9. The van der Waals surface area contributed by atoms with Crippen molar-refractivity contribution in [1.82, 2.24) is 19.9 Å². The monoisotopic (exact) mass is 790 g/mol. The van der Waals surface area contributed by atoms with Crippen LogP contribution in [-0.4, -0.2) is 19.9 Å². The van der Waals surface area contributed by atoms with Gasteiger partial charge in [-0.2, -0.15) is 0 Å². The maximum absolute atomic E-state index is 5.21. The molecule has 0 aliphatic carbocycles. The van der Waals surface area contributed by atoms with E-state index in [0.29, 0.717) is 17.5 Å². The summed E-state index contributed by atoms with van der Waals surface area (Å²) in [5.74, 6) is 1.86. The Hall–Kier alpha value is -8.34. The summed E-state index contributed by atoms with van der Waals surface area (Å²) in [6, 6.07) is 80.6. The minimum Gasteiger partial charge on any atom is -0.248 e. The van der Waals surface area contributed by atoms with Gasteiger partial charge in [0.15, 0.2) is 17.5 Å². The van der Waals surface area contributed by atoms with Crippen molar-refractivity contribution in [3.63, 3.8) is 0 Å². The predicted molar refractivity (Wildman–Crippen MR) is 256 cm³/mol. The van der Waals surface area contributed by atoms with Crippen molar-refractivity contribution in [2.45, 2.75) is 0 Å². The van der Waals surface area contributed by atoms with Gasteiger partial charge in [-0.1, -0.05) is 200 Å². The first kappa shape index (κ1) is 36.7. The molecule has 0 bridgehead atoms. The van der Waals surface area contributed by atoms with Crippen molar-refractivity contribution >= 4 is 21.7 Å². The zero-order valence-electron chi connectivity index (χ0n) is 33.7. The summed E-state index contributed by atoms with van der Waals surface area (Å²) in [6.07, 6.45) is 0.